The molecule has 228 valence electrons. The molecule has 0 aromatic rings. The van der Waals surface area contributed by atoms with Crippen molar-refractivity contribution in [2.24, 2.45) is 5.92 Å². The average molecular weight is 560 g/mol. The first-order chi connectivity index (χ1) is 19.0. The van der Waals surface area contributed by atoms with Crippen LogP contribution in [0.3, 0.4) is 0 Å². The summed E-state index contributed by atoms with van der Waals surface area (Å²) in [6.07, 6.45) is 24.1. The Kier molecular flexibility index (Phi) is 21.8. The molecule has 0 bridgehead atoms. The Bertz CT molecular complexity index is 775. The van der Waals surface area contributed by atoms with Crippen LogP contribution in [0.25, 0.3) is 0 Å². The molecule has 0 saturated carbocycles. The molecule has 0 aliphatic heterocycles. The maximum atomic E-state index is 13.2. The molecule has 0 aromatic carbocycles. The second-order valence-electron chi connectivity index (χ2n) is 11.9. The van der Waals surface area contributed by atoms with Gasteiger partial charge >= 0.3 is 0 Å². The van der Waals surface area contributed by atoms with Gasteiger partial charge in [-0.15, -0.1) is 12.8 Å². The molecule has 2 unspecified atom stereocenters. The molecule has 0 aromatic heterocycles. The third kappa shape index (κ3) is 21.3. The number of hydrogen-bond acceptors (Lipinski definition) is 4. The first kappa shape index (κ1) is 37.5. The van der Waals surface area contributed by atoms with Gasteiger partial charge in [0.25, 0.3) is 0 Å². The van der Waals surface area contributed by atoms with E-state index in [1.807, 2.05) is 20.8 Å². The van der Waals surface area contributed by atoms with E-state index in [2.05, 4.69) is 36.3 Å². The predicted molar refractivity (Wildman–Crippen MR) is 164 cm³/mol. The number of amides is 3. The lowest BCUT2D eigenvalue weighted by atomic mass is 10.1. The van der Waals surface area contributed by atoms with Gasteiger partial charge in [-0.25, -0.2) is 0 Å². The minimum Gasteiger partial charge on any atom is -0.376 e. The summed E-state index contributed by atoms with van der Waals surface area (Å²) in [6.45, 7) is 11.6. The summed E-state index contributed by atoms with van der Waals surface area (Å²) in [7, 11) is 0. The molecule has 0 heterocycles. The lowest BCUT2D eigenvalue weighted by Gasteiger charge is -2.25. The Morgan fingerprint density at radius 1 is 0.825 bits per heavy atom. The molecular weight excluding hydrogens is 502 g/mol. The first-order valence-corrected chi connectivity index (χ1v) is 15.4. The van der Waals surface area contributed by atoms with E-state index in [0.29, 0.717) is 19.6 Å². The van der Waals surface area contributed by atoms with Crippen molar-refractivity contribution in [1.29, 1.82) is 0 Å². The SMILES string of the molecule is C#CCN(CC#C)C(=O)C(CCC(=O)NCC(C)CCOC(C)(C)C)NC(=O)CCCCCCCCCCCC. The van der Waals surface area contributed by atoms with E-state index < -0.39 is 6.04 Å². The van der Waals surface area contributed by atoms with Crippen LogP contribution in [0.2, 0.25) is 0 Å². The Morgan fingerprint density at radius 2 is 1.38 bits per heavy atom. The van der Waals surface area contributed by atoms with Gasteiger partial charge in [0, 0.05) is 26.0 Å². The van der Waals surface area contributed by atoms with Gasteiger partial charge in [-0.2, -0.15) is 0 Å². The first-order valence-electron chi connectivity index (χ1n) is 15.4. The molecule has 7 heteroatoms. The van der Waals surface area contributed by atoms with E-state index >= 15 is 0 Å². The topological polar surface area (TPSA) is 87.7 Å². The molecule has 0 rings (SSSR count). The van der Waals surface area contributed by atoms with Crippen LogP contribution in [-0.4, -0.2) is 60.5 Å². The molecule has 2 N–H and O–H groups in total. The second-order valence-corrected chi connectivity index (χ2v) is 11.9. The number of rotatable bonds is 23. The molecule has 0 radical (unpaired) electrons. The van der Waals surface area contributed by atoms with Crippen LogP contribution in [0.15, 0.2) is 0 Å². The standard InChI is InChI=1S/C33H57N3O4/c1-8-11-12-13-14-15-16-17-18-19-20-31(38)35-29(32(39)36(24-9-2)25-10-3)21-22-30(37)34-27-28(4)23-26-40-33(5,6)7/h2-3,28-29H,8,11-27H2,1,4-7H3,(H,34,37)(H,35,38). The number of hydrogen-bond donors (Lipinski definition) is 2. The zero-order valence-electron chi connectivity index (χ0n) is 26.1. The summed E-state index contributed by atoms with van der Waals surface area (Å²) >= 11 is 0. The largest absolute Gasteiger partial charge is 0.376 e. The number of carbonyl (C=O) groups excluding carboxylic acids is 3. The summed E-state index contributed by atoms with van der Waals surface area (Å²) in [5.74, 6) is 4.44. The molecule has 40 heavy (non-hydrogen) atoms. The highest BCUT2D eigenvalue weighted by atomic mass is 16.5. The van der Waals surface area contributed by atoms with Crippen LogP contribution in [0.4, 0.5) is 0 Å². The van der Waals surface area contributed by atoms with Crippen molar-refractivity contribution >= 4 is 17.7 Å². The van der Waals surface area contributed by atoms with Gasteiger partial charge in [-0.1, -0.05) is 83.5 Å². The van der Waals surface area contributed by atoms with Crippen molar-refractivity contribution in [1.82, 2.24) is 15.5 Å². The van der Waals surface area contributed by atoms with Gasteiger partial charge in [0.1, 0.15) is 6.04 Å². The van der Waals surface area contributed by atoms with Crippen molar-refractivity contribution in [3.8, 4) is 24.7 Å². The van der Waals surface area contributed by atoms with Gasteiger partial charge in [0.15, 0.2) is 0 Å². The number of nitrogens with zero attached hydrogens (tertiary/aromatic N) is 1. The molecule has 7 nitrogen and oxygen atoms in total. The van der Waals surface area contributed by atoms with Crippen molar-refractivity contribution < 1.29 is 19.1 Å². The van der Waals surface area contributed by atoms with Gasteiger partial charge in [0.05, 0.1) is 18.7 Å². The fourth-order valence-electron chi connectivity index (χ4n) is 4.27. The molecule has 0 aliphatic carbocycles. The van der Waals surface area contributed by atoms with E-state index in [0.717, 1.165) is 25.7 Å². The summed E-state index contributed by atoms with van der Waals surface area (Å²) in [5.41, 5.74) is -0.185. The number of terminal acetylenes is 2. The number of carbonyl (C=O) groups is 3. The van der Waals surface area contributed by atoms with Crippen molar-refractivity contribution in [3.05, 3.63) is 0 Å². The zero-order valence-corrected chi connectivity index (χ0v) is 26.1. The molecule has 0 aliphatic rings. The molecule has 0 saturated heterocycles. The van der Waals surface area contributed by atoms with Gasteiger partial charge in [-0.05, 0) is 46.0 Å². The third-order valence-corrected chi connectivity index (χ3v) is 6.72. The summed E-state index contributed by atoms with van der Waals surface area (Å²) in [5, 5.41) is 5.78. The Balaban J connectivity index is 4.67. The number of ether oxygens (including phenoxy) is 1. The Morgan fingerprint density at radius 3 is 1.90 bits per heavy atom. The van der Waals surface area contributed by atoms with Crippen LogP contribution < -0.4 is 10.6 Å². The minimum absolute atomic E-state index is 0.0498. The lowest BCUT2D eigenvalue weighted by molar-refractivity contribution is -0.136. The van der Waals surface area contributed by atoms with Crippen LogP contribution in [0, 0.1) is 30.6 Å². The highest BCUT2D eigenvalue weighted by Crippen LogP contribution is 2.12. The number of unbranched alkanes of at least 4 members (excludes halogenated alkanes) is 9. The van der Waals surface area contributed by atoms with Crippen LogP contribution >= 0.6 is 0 Å². The van der Waals surface area contributed by atoms with Gasteiger partial charge < -0.3 is 20.3 Å². The van der Waals surface area contributed by atoms with Crippen LogP contribution in [0.5, 0.6) is 0 Å². The summed E-state index contributed by atoms with van der Waals surface area (Å²) in [6, 6.07) is -0.847. The third-order valence-electron chi connectivity index (χ3n) is 6.72. The Hall–Kier alpha value is -2.51. The predicted octanol–water partition coefficient (Wildman–Crippen LogP) is 5.61. The van der Waals surface area contributed by atoms with E-state index in [-0.39, 0.29) is 55.2 Å². The highest BCUT2D eigenvalue weighted by molar-refractivity contribution is 5.88. The minimum atomic E-state index is -0.847. The molecule has 0 spiro atoms. The van der Waals surface area contributed by atoms with E-state index in [4.69, 9.17) is 17.6 Å². The van der Waals surface area contributed by atoms with Crippen molar-refractivity contribution in [3.63, 3.8) is 0 Å². The fraction of sp³-hybridized carbons (Fsp3) is 0.788. The van der Waals surface area contributed by atoms with E-state index in [1.165, 1.54) is 49.8 Å². The van der Waals surface area contributed by atoms with Crippen LogP contribution in [0.1, 0.15) is 125 Å². The maximum absolute atomic E-state index is 13.2. The van der Waals surface area contributed by atoms with E-state index in [9.17, 15) is 14.4 Å². The summed E-state index contributed by atoms with van der Waals surface area (Å²) < 4.78 is 5.76. The monoisotopic (exact) mass is 559 g/mol. The molecular formula is C33H57N3O4. The quantitative estimate of drug-likeness (QED) is 0.126. The van der Waals surface area contributed by atoms with Crippen molar-refractivity contribution in [2.75, 3.05) is 26.2 Å². The Labute approximate surface area is 245 Å². The zero-order chi connectivity index (χ0) is 30.2. The molecule has 2 atom stereocenters. The fourth-order valence-corrected chi connectivity index (χ4v) is 4.27. The van der Waals surface area contributed by atoms with E-state index in [1.54, 1.807) is 0 Å². The average Bonchev–Trinajstić information content (AvgIpc) is 2.89. The normalized spacial score (nSPS) is 12.6. The second kappa shape index (κ2) is 23.2. The molecule has 0 fully saturated rings. The van der Waals surface area contributed by atoms with Gasteiger partial charge in [-0.3, -0.25) is 14.4 Å². The van der Waals surface area contributed by atoms with Gasteiger partial charge in [0.2, 0.25) is 17.7 Å². The lowest BCUT2D eigenvalue weighted by Crippen LogP contribution is -2.49. The number of nitrogens with one attached hydrogen (secondary N) is 2. The summed E-state index contributed by atoms with van der Waals surface area (Å²) in [4.78, 5) is 39.7. The molecule has 3 amide bonds. The maximum Gasteiger partial charge on any atom is 0.246 e. The highest BCUT2D eigenvalue weighted by Gasteiger charge is 2.26. The van der Waals surface area contributed by atoms with Crippen LogP contribution in [-0.2, 0) is 19.1 Å². The van der Waals surface area contributed by atoms with Crippen molar-refractivity contribution in [2.45, 2.75) is 136 Å². The smallest absolute Gasteiger partial charge is 0.246 e.